The summed E-state index contributed by atoms with van der Waals surface area (Å²) < 4.78 is 0. The summed E-state index contributed by atoms with van der Waals surface area (Å²) in [6.45, 7) is 0. The van der Waals surface area contributed by atoms with Crippen molar-refractivity contribution in [2.75, 3.05) is 5.33 Å². The van der Waals surface area contributed by atoms with Crippen LogP contribution in [0.25, 0.3) is 0 Å². The molecule has 0 saturated heterocycles. The third kappa shape index (κ3) is 3.98. The average Bonchev–Trinajstić information content (AvgIpc) is 2.36. The van der Waals surface area contributed by atoms with Gasteiger partial charge >= 0.3 is 5.97 Å². The number of hydrogen-bond acceptors (Lipinski definition) is 5. The molecule has 19 heavy (non-hydrogen) atoms. The fourth-order valence-electron chi connectivity index (χ4n) is 1.55. The number of carboxylic acid groups (broad SMARTS) is 1. The highest BCUT2D eigenvalue weighted by Crippen LogP contribution is 2.26. The largest absolute Gasteiger partial charge is 0.481 e. The van der Waals surface area contributed by atoms with Gasteiger partial charge in [-0.1, -0.05) is 28.1 Å². The van der Waals surface area contributed by atoms with Crippen LogP contribution in [-0.4, -0.2) is 37.6 Å². The minimum absolute atomic E-state index is 0.0433. The number of carboxylic acids is 1. The van der Waals surface area contributed by atoms with Crippen LogP contribution in [0, 0.1) is 10.1 Å². The van der Waals surface area contributed by atoms with Gasteiger partial charge in [0, 0.05) is 17.0 Å². The first kappa shape index (κ1) is 15.5. The lowest BCUT2D eigenvalue weighted by Crippen LogP contribution is -2.19. The quantitative estimate of drug-likeness (QED) is 0.406. The zero-order valence-corrected chi connectivity index (χ0v) is 11.3. The van der Waals surface area contributed by atoms with Crippen molar-refractivity contribution in [3.05, 3.63) is 39.4 Å². The molecule has 0 spiro atoms. The van der Waals surface area contributed by atoms with Gasteiger partial charge in [-0.05, 0) is 5.56 Å². The summed E-state index contributed by atoms with van der Waals surface area (Å²) in [6, 6.07) is 3.71. The number of nitrogens with zero attached hydrogens (tertiary/aromatic N) is 1. The van der Waals surface area contributed by atoms with E-state index in [9.17, 15) is 25.1 Å². The van der Waals surface area contributed by atoms with E-state index in [4.69, 9.17) is 5.11 Å². The first-order valence-electron chi connectivity index (χ1n) is 5.28. The zero-order chi connectivity index (χ0) is 14.6. The van der Waals surface area contributed by atoms with Crippen LogP contribution in [0.1, 0.15) is 17.2 Å². The van der Waals surface area contributed by atoms with Crippen LogP contribution < -0.4 is 0 Å². The standard InChI is InChI=1S/C11H12BrNO6/c12-5-9(14)11(17)7-2-1-6(4-10(15)16)8(3-7)13(18)19/h1-3,9,11,14,17H,4-5H2,(H,15,16). The van der Waals surface area contributed by atoms with Gasteiger partial charge in [0.2, 0.25) is 0 Å². The van der Waals surface area contributed by atoms with Crippen LogP contribution >= 0.6 is 15.9 Å². The maximum absolute atomic E-state index is 10.9. The molecule has 0 aliphatic heterocycles. The highest BCUT2D eigenvalue weighted by molar-refractivity contribution is 9.09. The van der Waals surface area contributed by atoms with Crippen LogP contribution in [0.15, 0.2) is 18.2 Å². The number of halogens is 1. The summed E-state index contributed by atoms with van der Waals surface area (Å²) in [5.74, 6) is -1.18. The smallest absolute Gasteiger partial charge is 0.308 e. The maximum Gasteiger partial charge on any atom is 0.308 e. The molecule has 1 aromatic rings. The summed E-state index contributed by atoms with van der Waals surface area (Å²) >= 11 is 2.99. The number of aliphatic hydroxyl groups is 2. The minimum Gasteiger partial charge on any atom is -0.481 e. The van der Waals surface area contributed by atoms with Gasteiger partial charge in [-0.15, -0.1) is 0 Å². The molecule has 0 aromatic heterocycles. The number of nitro groups is 1. The third-order valence-corrected chi connectivity index (χ3v) is 3.18. The molecule has 2 atom stereocenters. The highest BCUT2D eigenvalue weighted by atomic mass is 79.9. The first-order chi connectivity index (χ1) is 8.86. The van der Waals surface area contributed by atoms with Crippen LogP contribution in [0.5, 0.6) is 0 Å². The predicted molar refractivity (Wildman–Crippen MR) is 69.2 cm³/mol. The number of hydrogen-bond donors (Lipinski definition) is 3. The van der Waals surface area contributed by atoms with Crippen molar-refractivity contribution < 1.29 is 25.0 Å². The summed E-state index contributed by atoms with van der Waals surface area (Å²) in [5, 5.41) is 38.9. The number of benzene rings is 1. The van der Waals surface area contributed by atoms with Crippen molar-refractivity contribution in [2.24, 2.45) is 0 Å². The Balaban J connectivity index is 3.15. The second kappa shape index (κ2) is 6.60. The Labute approximate surface area is 116 Å². The number of aliphatic hydroxyl groups excluding tert-OH is 2. The van der Waals surface area contributed by atoms with Crippen LogP contribution in [0.3, 0.4) is 0 Å². The molecule has 0 bridgehead atoms. The minimum atomic E-state index is -1.28. The molecular formula is C11H12BrNO6. The second-order valence-electron chi connectivity index (χ2n) is 3.88. The lowest BCUT2D eigenvalue weighted by molar-refractivity contribution is -0.385. The van der Waals surface area contributed by atoms with Crippen molar-refractivity contribution in [1.29, 1.82) is 0 Å². The number of aliphatic carboxylic acids is 1. The van der Waals surface area contributed by atoms with Crippen molar-refractivity contribution in [1.82, 2.24) is 0 Å². The Morgan fingerprint density at radius 1 is 1.42 bits per heavy atom. The predicted octanol–water partition coefficient (Wildman–Crippen LogP) is 1.01. The van der Waals surface area contributed by atoms with Gasteiger partial charge in [-0.2, -0.15) is 0 Å². The van der Waals surface area contributed by atoms with E-state index in [1.54, 1.807) is 0 Å². The highest BCUT2D eigenvalue weighted by Gasteiger charge is 2.22. The van der Waals surface area contributed by atoms with Gasteiger partial charge in [-0.3, -0.25) is 14.9 Å². The molecule has 0 saturated carbocycles. The Kier molecular flexibility index (Phi) is 5.40. The SMILES string of the molecule is O=C(O)Cc1ccc(C(O)C(O)CBr)cc1[N+](=O)[O-]. The molecule has 8 heteroatoms. The lowest BCUT2D eigenvalue weighted by Gasteiger charge is -2.16. The Bertz CT molecular complexity index is 492. The van der Waals surface area contributed by atoms with Crippen LogP contribution in [0.4, 0.5) is 5.69 Å². The van der Waals surface area contributed by atoms with E-state index in [0.29, 0.717) is 0 Å². The lowest BCUT2D eigenvalue weighted by atomic mass is 10.0. The summed E-state index contributed by atoms with van der Waals surface area (Å²) in [5.41, 5.74) is -0.185. The Morgan fingerprint density at radius 3 is 2.53 bits per heavy atom. The topological polar surface area (TPSA) is 121 Å². The zero-order valence-electron chi connectivity index (χ0n) is 9.69. The fourth-order valence-corrected chi connectivity index (χ4v) is 1.91. The normalized spacial score (nSPS) is 13.8. The molecule has 2 unspecified atom stereocenters. The molecular weight excluding hydrogens is 322 g/mol. The van der Waals surface area contributed by atoms with Crippen molar-refractivity contribution in [3.63, 3.8) is 0 Å². The molecule has 0 aliphatic rings. The Hall–Kier alpha value is -1.51. The van der Waals surface area contributed by atoms with E-state index in [1.807, 2.05) is 0 Å². The molecule has 0 aliphatic carbocycles. The monoisotopic (exact) mass is 333 g/mol. The van der Waals surface area contributed by atoms with Gasteiger partial charge in [-0.25, -0.2) is 0 Å². The van der Waals surface area contributed by atoms with Gasteiger partial charge in [0.25, 0.3) is 5.69 Å². The fraction of sp³-hybridized carbons (Fsp3) is 0.364. The van der Waals surface area contributed by atoms with Gasteiger partial charge in [0.1, 0.15) is 6.10 Å². The van der Waals surface area contributed by atoms with Crippen molar-refractivity contribution in [3.8, 4) is 0 Å². The molecule has 3 N–H and O–H groups in total. The van der Waals surface area contributed by atoms with Crippen molar-refractivity contribution >= 4 is 27.6 Å². The van der Waals surface area contributed by atoms with E-state index in [2.05, 4.69) is 15.9 Å². The van der Waals surface area contributed by atoms with E-state index >= 15 is 0 Å². The maximum atomic E-state index is 10.9. The molecule has 7 nitrogen and oxygen atoms in total. The molecule has 0 radical (unpaired) electrons. The number of carbonyl (C=O) groups is 1. The van der Waals surface area contributed by atoms with E-state index < -0.39 is 29.5 Å². The summed E-state index contributed by atoms with van der Waals surface area (Å²) in [7, 11) is 0. The number of rotatable bonds is 6. The Morgan fingerprint density at radius 2 is 2.05 bits per heavy atom. The van der Waals surface area contributed by atoms with Gasteiger partial charge < -0.3 is 15.3 Å². The molecule has 0 heterocycles. The van der Waals surface area contributed by atoms with Crippen LogP contribution in [0.2, 0.25) is 0 Å². The van der Waals surface area contributed by atoms with Crippen molar-refractivity contribution in [2.45, 2.75) is 18.6 Å². The summed E-state index contributed by atoms with van der Waals surface area (Å²) in [6.07, 6.45) is -2.87. The summed E-state index contributed by atoms with van der Waals surface area (Å²) in [4.78, 5) is 20.8. The molecule has 1 aromatic carbocycles. The van der Waals surface area contributed by atoms with Crippen LogP contribution in [-0.2, 0) is 11.2 Å². The third-order valence-electron chi connectivity index (χ3n) is 2.51. The molecule has 1 rings (SSSR count). The number of nitro benzene ring substituents is 1. The molecule has 0 amide bonds. The average molecular weight is 334 g/mol. The number of alkyl halides is 1. The second-order valence-corrected chi connectivity index (χ2v) is 4.53. The molecule has 0 fully saturated rings. The van der Waals surface area contributed by atoms with E-state index in [-0.39, 0.29) is 22.1 Å². The van der Waals surface area contributed by atoms with Gasteiger partial charge in [0.15, 0.2) is 0 Å². The van der Waals surface area contributed by atoms with E-state index in [1.165, 1.54) is 12.1 Å². The molecule has 104 valence electrons. The first-order valence-corrected chi connectivity index (χ1v) is 6.40. The van der Waals surface area contributed by atoms with E-state index in [0.717, 1.165) is 6.07 Å². The van der Waals surface area contributed by atoms with Gasteiger partial charge in [0.05, 0.1) is 17.4 Å².